The van der Waals surface area contributed by atoms with Crippen LogP contribution in [0.2, 0.25) is 5.02 Å². The van der Waals surface area contributed by atoms with E-state index in [4.69, 9.17) is 11.6 Å². The highest BCUT2D eigenvalue weighted by atomic mass is 35.5. The van der Waals surface area contributed by atoms with Gasteiger partial charge in [0.1, 0.15) is 17.8 Å². The topological polar surface area (TPSA) is 85.9 Å². The number of hydrogen-bond donors (Lipinski definition) is 3. The van der Waals surface area contributed by atoms with Gasteiger partial charge in [0.15, 0.2) is 0 Å². The van der Waals surface area contributed by atoms with Crippen molar-refractivity contribution >= 4 is 40.0 Å². The van der Waals surface area contributed by atoms with Crippen LogP contribution in [0.1, 0.15) is 12.8 Å². The van der Waals surface area contributed by atoms with Gasteiger partial charge in [-0.25, -0.2) is 9.97 Å². The third-order valence-electron chi connectivity index (χ3n) is 4.70. The van der Waals surface area contributed by atoms with E-state index in [0.29, 0.717) is 5.02 Å². The molecule has 27 heavy (non-hydrogen) atoms. The summed E-state index contributed by atoms with van der Waals surface area (Å²) < 4.78 is 0. The second-order valence-electron chi connectivity index (χ2n) is 6.65. The maximum atomic E-state index is 12.3. The largest absolute Gasteiger partial charge is 0.376 e. The molecule has 1 aromatic carbocycles. The Balaban J connectivity index is 1.35. The van der Waals surface area contributed by atoms with E-state index in [1.807, 2.05) is 24.4 Å². The smallest absolute Gasteiger partial charge is 0.239 e. The maximum absolute atomic E-state index is 12.3. The minimum Gasteiger partial charge on any atom is -0.376 e. The number of carbonyl (C=O) groups is 1. The van der Waals surface area contributed by atoms with Crippen molar-refractivity contribution in [3.8, 4) is 0 Å². The van der Waals surface area contributed by atoms with Gasteiger partial charge in [0.25, 0.3) is 0 Å². The summed E-state index contributed by atoms with van der Waals surface area (Å²) in [6.45, 7) is 1.87. The quantitative estimate of drug-likeness (QED) is 0.629. The van der Waals surface area contributed by atoms with Gasteiger partial charge in [0, 0.05) is 36.0 Å². The van der Waals surface area contributed by atoms with Crippen molar-refractivity contribution in [2.75, 3.05) is 29.9 Å². The number of amides is 1. The Morgan fingerprint density at radius 2 is 2.26 bits per heavy atom. The van der Waals surface area contributed by atoms with Gasteiger partial charge in [0.2, 0.25) is 5.91 Å². The fourth-order valence-corrected chi connectivity index (χ4v) is 3.65. The first kappa shape index (κ1) is 17.6. The number of anilines is 2. The summed E-state index contributed by atoms with van der Waals surface area (Å²) in [6.07, 6.45) is 5.40. The molecule has 4 rings (SSSR count). The Labute approximate surface area is 162 Å². The molecule has 3 aromatic rings. The predicted molar refractivity (Wildman–Crippen MR) is 107 cm³/mol. The number of hydrogen-bond acceptors (Lipinski definition) is 5. The van der Waals surface area contributed by atoms with Crippen LogP contribution in [0.15, 0.2) is 42.9 Å². The Morgan fingerprint density at radius 3 is 3.15 bits per heavy atom. The molecule has 1 atom stereocenters. The van der Waals surface area contributed by atoms with Crippen LogP contribution in [0.3, 0.4) is 0 Å². The second kappa shape index (κ2) is 7.84. The summed E-state index contributed by atoms with van der Waals surface area (Å²) in [6, 6.07) is 9.43. The number of piperidine rings is 1. The monoisotopic (exact) mass is 384 g/mol. The fraction of sp³-hybridized carbons (Fsp3) is 0.316. The molecule has 1 amide bonds. The molecule has 0 radical (unpaired) electrons. The number of aromatic nitrogens is 3. The third-order valence-corrected chi connectivity index (χ3v) is 4.93. The van der Waals surface area contributed by atoms with Gasteiger partial charge in [-0.15, -0.1) is 0 Å². The molecular formula is C19H21ClN6O. The molecule has 1 aliphatic rings. The summed E-state index contributed by atoms with van der Waals surface area (Å²) in [5.41, 5.74) is 1.66. The lowest BCUT2D eigenvalue weighted by atomic mass is 10.1. The SMILES string of the molecule is O=C(CNc1cccc(Cl)c1)N[C@H]1CCCN(c2ncnc3[nH]ccc23)C1. The molecule has 1 aliphatic heterocycles. The van der Waals surface area contributed by atoms with Crippen molar-refractivity contribution in [1.82, 2.24) is 20.3 Å². The highest BCUT2D eigenvalue weighted by Gasteiger charge is 2.23. The van der Waals surface area contributed by atoms with Gasteiger partial charge >= 0.3 is 0 Å². The molecule has 3 heterocycles. The number of aromatic amines is 1. The molecule has 2 aromatic heterocycles. The molecule has 1 fully saturated rings. The molecular weight excluding hydrogens is 364 g/mol. The first-order chi connectivity index (χ1) is 13.2. The van der Waals surface area contributed by atoms with Crippen LogP contribution < -0.4 is 15.5 Å². The van der Waals surface area contributed by atoms with Gasteiger partial charge in [-0.3, -0.25) is 4.79 Å². The lowest BCUT2D eigenvalue weighted by Crippen LogP contribution is -2.49. The van der Waals surface area contributed by atoms with Crippen LogP contribution >= 0.6 is 11.6 Å². The van der Waals surface area contributed by atoms with E-state index in [9.17, 15) is 4.79 Å². The summed E-state index contributed by atoms with van der Waals surface area (Å²) in [7, 11) is 0. The van der Waals surface area contributed by atoms with E-state index in [-0.39, 0.29) is 18.5 Å². The third kappa shape index (κ3) is 4.14. The molecule has 0 aliphatic carbocycles. The lowest BCUT2D eigenvalue weighted by molar-refractivity contribution is -0.120. The Bertz CT molecular complexity index is 943. The maximum Gasteiger partial charge on any atom is 0.239 e. The Hall–Kier alpha value is -2.80. The van der Waals surface area contributed by atoms with E-state index in [2.05, 4.69) is 30.5 Å². The molecule has 3 N–H and O–H groups in total. The van der Waals surface area contributed by atoms with Gasteiger partial charge in [-0.2, -0.15) is 0 Å². The van der Waals surface area contributed by atoms with Crippen LogP contribution in [-0.2, 0) is 4.79 Å². The number of nitrogens with zero attached hydrogens (tertiary/aromatic N) is 3. The highest BCUT2D eigenvalue weighted by molar-refractivity contribution is 6.30. The van der Waals surface area contributed by atoms with E-state index in [1.54, 1.807) is 18.5 Å². The van der Waals surface area contributed by atoms with E-state index in [0.717, 1.165) is 48.5 Å². The molecule has 0 unspecified atom stereocenters. The van der Waals surface area contributed by atoms with Crippen LogP contribution in [0, 0.1) is 0 Å². The van der Waals surface area contributed by atoms with E-state index < -0.39 is 0 Å². The summed E-state index contributed by atoms with van der Waals surface area (Å²) in [5, 5.41) is 7.87. The number of nitrogens with one attached hydrogen (secondary N) is 3. The van der Waals surface area contributed by atoms with Crippen LogP contribution in [0.25, 0.3) is 11.0 Å². The molecule has 8 heteroatoms. The first-order valence-electron chi connectivity index (χ1n) is 9.01. The van der Waals surface area contributed by atoms with Crippen molar-refractivity contribution in [3.05, 3.63) is 47.9 Å². The summed E-state index contributed by atoms with van der Waals surface area (Å²) in [4.78, 5) is 26.4. The standard InChI is InChI=1S/C19H21ClN6O/c20-13-3-1-4-14(9-13)22-10-17(27)25-15-5-2-8-26(11-15)19-16-6-7-21-18(16)23-12-24-19/h1,3-4,6-7,9,12,15,22H,2,5,8,10-11H2,(H,25,27)(H,21,23,24)/t15-/m0/s1. The fourth-order valence-electron chi connectivity index (χ4n) is 3.46. The zero-order valence-corrected chi connectivity index (χ0v) is 15.5. The second-order valence-corrected chi connectivity index (χ2v) is 7.09. The average molecular weight is 385 g/mol. The van der Waals surface area contributed by atoms with Crippen LogP contribution in [-0.4, -0.2) is 46.5 Å². The van der Waals surface area contributed by atoms with Gasteiger partial charge in [-0.1, -0.05) is 17.7 Å². The molecule has 0 bridgehead atoms. The molecule has 7 nitrogen and oxygen atoms in total. The van der Waals surface area contributed by atoms with Crippen molar-refractivity contribution in [3.63, 3.8) is 0 Å². The predicted octanol–water partition coefficient (Wildman–Crippen LogP) is 2.81. The summed E-state index contributed by atoms with van der Waals surface area (Å²) >= 11 is 5.96. The highest BCUT2D eigenvalue weighted by Crippen LogP contribution is 2.25. The van der Waals surface area contributed by atoms with E-state index >= 15 is 0 Å². The van der Waals surface area contributed by atoms with Gasteiger partial charge in [0.05, 0.1) is 11.9 Å². The normalized spacial score (nSPS) is 17.1. The van der Waals surface area contributed by atoms with Crippen molar-refractivity contribution in [2.24, 2.45) is 0 Å². The number of rotatable bonds is 5. The zero-order valence-electron chi connectivity index (χ0n) is 14.8. The lowest BCUT2D eigenvalue weighted by Gasteiger charge is -2.34. The number of H-pyrrole nitrogens is 1. The molecule has 1 saturated heterocycles. The number of fused-ring (bicyclic) bond motifs is 1. The van der Waals surface area contributed by atoms with Gasteiger partial charge in [-0.05, 0) is 37.1 Å². The Morgan fingerprint density at radius 1 is 1.33 bits per heavy atom. The minimum absolute atomic E-state index is 0.0312. The molecule has 0 saturated carbocycles. The van der Waals surface area contributed by atoms with Crippen LogP contribution in [0.4, 0.5) is 11.5 Å². The van der Waals surface area contributed by atoms with E-state index in [1.165, 1.54) is 0 Å². The number of benzene rings is 1. The van der Waals surface area contributed by atoms with Crippen molar-refractivity contribution in [1.29, 1.82) is 0 Å². The average Bonchev–Trinajstić information content (AvgIpc) is 3.15. The zero-order chi connectivity index (χ0) is 18.6. The van der Waals surface area contributed by atoms with Gasteiger partial charge < -0.3 is 20.5 Å². The molecule has 0 spiro atoms. The molecule has 140 valence electrons. The number of halogens is 1. The number of carbonyl (C=O) groups excluding carboxylic acids is 1. The minimum atomic E-state index is -0.0312. The summed E-state index contributed by atoms with van der Waals surface area (Å²) in [5.74, 6) is 0.883. The van der Waals surface area contributed by atoms with Crippen LogP contribution in [0.5, 0.6) is 0 Å². The van der Waals surface area contributed by atoms with Crippen molar-refractivity contribution < 1.29 is 4.79 Å². The Kier molecular flexibility index (Phi) is 5.11. The van der Waals surface area contributed by atoms with Crippen molar-refractivity contribution in [2.45, 2.75) is 18.9 Å². The first-order valence-corrected chi connectivity index (χ1v) is 9.39.